The molecule has 0 saturated carbocycles. The summed E-state index contributed by atoms with van der Waals surface area (Å²) in [6.07, 6.45) is 2.75. The predicted octanol–water partition coefficient (Wildman–Crippen LogP) is 3.61. The Morgan fingerprint density at radius 1 is 0.950 bits per heavy atom. The molecule has 2 aromatic carbocycles. The number of nitrogens with two attached hydrogens (primary N) is 1. The van der Waals surface area contributed by atoms with Crippen molar-refractivity contribution in [3.63, 3.8) is 0 Å². The van der Waals surface area contributed by atoms with E-state index in [1.54, 1.807) is 6.07 Å². The van der Waals surface area contributed by atoms with Crippen LogP contribution in [-0.2, 0) is 6.42 Å². The molecule has 2 nitrogen and oxygen atoms in total. The largest absolute Gasteiger partial charge is 0.361 e. The zero-order valence-corrected chi connectivity index (χ0v) is 10.8. The monoisotopic (exact) mass is 272 g/mol. The van der Waals surface area contributed by atoms with Gasteiger partial charge in [-0.3, -0.25) is 0 Å². The Labute approximate surface area is 115 Å². The van der Waals surface area contributed by atoms with Gasteiger partial charge in [0.05, 0.1) is 0 Å². The molecule has 0 fully saturated rings. The molecule has 0 unspecified atom stereocenters. The molecular weight excluding hydrogens is 258 g/mol. The van der Waals surface area contributed by atoms with E-state index in [0.717, 1.165) is 29.0 Å². The Morgan fingerprint density at radius 3 is 2.45 bits per heavy atom. The maximum Gasteiger partial charge on any atom is 0.159 e. The molecule has 3 aromatic rings. The number of hydrogen-bond donors (Lipinski definition) is 2. The van der Waals surface area contributed by atoms with Crippen molar-refractivity contribution in [2.45, 2.75) is 6.42 Å². The fourth-order valence-corrected chi connectivity index (χ4v) is 2.40. The average molecular weight is 272 g/mol. The predicted molar refractivity (Wildman–Crippen MR) is 76.4 cm³/mol. The van der Waals surface area contributed by atoms with E-state index in [1.807, 2.05) is 24.4 Å². The number of fused-ring (bicyclic) bond motifs is 1. The van der Waals surface area contributed by atoms with Crippen LogP contribution in [0.5, 0.6) is 0 Å². The molecule has 0 spiro atoms. The molecule has 0 aliphatic rings. The highest BCUT2D eigenvalue weighted by molar-refractivity contribution is 5.87. The molecule has 1 heterocycles. The summed E-state index contributed by atoms with van der Waals surface area (Å²) in [5.41, 5.74) is 9.20. The normalized spacial score (nSPS) is 11.2. The van der Waals surface area contributed by atoms with Gasteiger partial charge in [-0.15, -0.1) is 0 Å². The molecule has 3 N–H and O–H groups in total. The second-order valence-corrected chi connectivity index (χ2v) is 4.74. The van der Waals surface area contributed by atoms with Crippen LogP contribution in [0.4, 0.5) is 8.78 Å². The molecule has 0 saturated heterocycles. The van der Waals surface area contributed by atoms with Crippen molar-refractivity contribution >= 4 is 10.9 Å². The third-order valence-electron chi connectivity index (χ3n) is 3.43. The summed E-state index contributed by atoms with van der Waals surface area (Å²) in [7, 11) is 0. The summed E-state index contributed by atoms with van der Waals surface area (Å²) >= 11 is 0. The lowest BCUT2D eigenvalue weighted by Crippen LogP contribution is -2.01. The summed E-state index contributed by atoms with van der Waals surface area (Å²) in [6, 6.07) is 9.74. The minimum Gasteiger partial charge on any atom is -0.361 e. The first-order valence-electron chi connectivity index (χ1n) is 6.44. The van der Waals surface area contributed by atoms with Gasteiger partial charge in [0.15, 0.2) is 11.6 Å². The van der Waals surface area contributed by atoms with E-state index in [0.29, 0.717) is 12.1 Å². The fourth-order valence-electron chi connectivity index (χ4n) is 2.40. The molecule has 3 rings (SSSR count). The van der Waals surface area contributed by atoms with Gasteiger partial charge in [0.2, 0.25) is 0 Å². The summed E-state index contributed by atoms with van der Waals surface area (Å²) in [6.45, 7) is 0.595. The number of H-pyrrole nitrogens is 1. The zero-order chi connectivity index (χ0) is 14.1. The highest BCUT2D eigenvalue weighted by Crippen LogP contribution is 2.27. The number of halogens is 2. The van der Waals surface area contributed by atoms with Gasteiger partial charge in [0, 0.05) is 17.1 Å². The lowest BCUT2D eigenvalue weighted by atomic mass is 10.0. The summed E-state index contributed by atoms with van der Waals surface area (Å²) < 4.78 is 26.2. The van der Waals surface area contributed by atoms with Crippen molar-refractivity contribution in [3.05, 3.63) is 59.8 Å². The third-order valence-corrected chi connectivity index (χ3v) is 3.43. The second kappa shape index (κ2) is 5.06. The Bertz CT molecular complexity index is 762. The molecule has 0 bridgehead atoms. The Hall–Kier alpha value is -2.20. The van der Waals surface area contributed by atoms with Gasteiger partial charge >= 0.3 is 0 Å². The first kappa shape index (κ1) is 12.8. The molecule has 1 aromatic heterocycles. The standard InChI is InChI=1S/C16H14F2N2/c17-14-4-2-10(7-15(14)18)11-1-3-13-12(5-6-19)9-20-16(13)8-11/h1-4,7-9,20H,5-6,19H2. The molecule has 20 heavy (non-hydrogen) atoms. The molecule has 0 radical (unpaired) electrons. The summed E-state index contributed by atoms with van der Waals surface area (Å²) in [5, 5.41) is 1.11. The van der Waals surface area contributed by atoms with Gasteiger partial charge in [-0.05, 0) is 47.9 Å². The van der Waals surface area contributed by atoms with E-state index in [-0.39, 0.29) is 0 Å². The molecular formula is C16H14F2N2. The highest BCUT2D eigenvalue weighted by atomic mass is 19.2. The minimum absolute atomic E-state index is 0.595. The fraction of sp³-hybridized carbons (Fsp3) is 0.125. The van der Waals surface area contributed by atoms with E-state index < -0.39 is 11.6 Å². The number of hydrogen-bond acceptors (Lipinski definition) is 1. The first-order valence-corrected chi connectivity index (χ1v) is 6.44. The van der Waals surface area contributed by atoms with E-state index in [9.17, 15) is 8.78 Å². The number of aromatic nitrogens is 1. The minimum atomic E-state index is -0.835. The van der Waals surface area contributed by atoms with Crippen LogP contribution in [-0.4, -0.2) is 11.5 Å². The van der Waals surface area contributed by atoms with Gasteiger partial charge in [-0.2, -0.15) is 0 Å². The molecule has 4 heteroatoms. The van der Waals surface area contributed by atoms with Crippen LogP contribution >= 0.6 is 0 Å². The van der Waals surface area contributed by atoms with Crippen molar-refractivity contribution < 1.29 is 8.78 Å². The lowest BCUT2D eigenvalue weighted by Gasteiger charge is -2.04. The van der Waals surface area contributed by atoms with Crippen LogP contribution in [0, 0.1) is 11.6 Å². The highest BCUT2D eigenvalue weighted by Gasteiger charge is 2.07. The molecule has 0 aliphatic carbocycles. The lowest BCUT2D eigenvalue weighted by molar-refractivity contribution is 0.509. The first-order chi connectivity index (χ1) is 9.69. The number of aromatic amines is 1. The summed E-state index contributed by atoms with van der Waals surface area (Å²) in [4.78, 5) is 3.19. The molecule has 0 amide bonds. The van der Waals surface area contributed by atoms with Crippen molar-refractivity contribution in [2.75, 3.05) is 6.54 Å². The quantitative estimate of drug-likeness (QED) is 0.751. The van der Waals surface area contributed by atoms with Crippen LogP contribution in [0.1, 0.15) is 5.56 Å². The van der Waals surface area contributed by atoms with E-state index in [1.165, 1.54) is 11.6 Å². The van der Waals surface area contributed by atoms with Gasteiger partial charge in [0.1, 0.15) is 0 Å². The summed E-state index contributed by atoms with van der Waals surface area (Å²) in [5.74, 6) is -1.67. The Morgan fingerprint density at radius 2 is 1.70 bits per heavy atom. The Kier molecular flexibility index (Phi) is 3.24. The smallest absolute Gasteiger partial charge is 0.159 e. The van der Waals surface area contributed by atoms with E-state index in [2.05, 4.69) is 4.98 Å². The number of benzene rings is 2. The van der Waals surface area contributed by atoms with Gasteiger partial charge in [-0.25, -0.2) is 8.78 Å². The molecule has 102 valence electrons. The van der Waals surface area contributed by atoms with Gasteiger partial charge < -0.3 is 10.7 Å². The number of nitrogens with one attached hydrogen (secondary N) is 1. The Balaban J connectivity index is 2.06. The third kappa shape index (κ3) is 2.18. The van der Waals surface area contributed by atoms with E-state index >= 15 is 0 Å². The SMILES string of the molecule is NCCc1c[nH]c2cc(-c3ccc(F)c(F)c3)ccc12. The molecule has 0 atom stereocenters. The van der Waals surface area contributed by atoms with Crippen LogP contribution in [0.15, 0.2) is 42.6 Å². The van der Waals surface area contributed by atoms with Crippen LogP contribution in [0.25, 0.3) is 22.0 Å². The van der Waals surface area contributed by atoms with Gasteiger partial charge in [0.25, 0.3) is 0 Å². The average Bonchev–Trinajstić information content (AvgIpc) is 2.85. The van der Waals surface area contributed by atoms with Crippen LogP contribution < -0.4 is 5.73 Å². The topological polar surface area (TPSA) is 41.8 Å². The van der Waals surface area contributed by atoms with Crippen molar-refractivity contribution in [1.82, 2.24) is 4.98 Å². The van der Waals surface area contributed by atoms with Gasteiger partial charge in [-0.1, -0.05) is 18.2 Å². The maximum atomic E-state index is 13.3. The van der Waals surface area contributed by atoms with Crippen LogP contribution in [0.3, 0.4) is 0 Å². The van der Waals surface area contributed by atoms with E-state index in [4.69, 9.17) is 5.73 Å². The zero-order valence-electron chi connectivity index (χ0n) is 10.8. The molecule has 0 aliphatic heterocycles. The van der Waals surface area contributed by atoms with Crippen LogP contribution in [0.2, 0.25) is 0 Å². The van der Waals surface area contributed by atoms with Crippen molar-refractivity contribution in [2.24, 2.45) is 5.73 Å². The second-order valence-electron chi connectivity index (χ2n) is 4.74. The number of rotatable bonds is 3. The maximum absolute atomic E-state index is 13.3. The van der Waals surface area contributed by atoms with Crippen molar-refractivity contribution in [1.29, 1.82) is 0 Å². The van der Waals surface area contributed by atoms with Crippen molar-refractivity contribution in [3.8, 4) is 11.1 Å².